The molecule has 1 aromatic heterocycles. The third-order valence-electron chi connectivity index (χ3n) is 4.93. The summed E-state index contributed by atoms with van der Waals surface area (Å²) in [7, 11) is 1.54. The third kappa shape index (κ3) is 4.29. The Kier molecular flexibility index (Phi) is 5.56. The van der Waals surface area contributed by atoms with Gasteiger partial charge in [-0.2, -0.15) is 0 Å². The normalized spacial score (nSPS) is 13.8. The first-order chi connectivity index (χ1) is 14.2. The summed E-state index contributed by atoms with van der Waals surface area (Å²) in [6.07, 6.45) is 3.28. The largest absolute Gasteiger partial charge is 0.496 e. The van der Waals surface area contributed by atoms with Gasteiger partial charge in [0, 0.05) is 31.9 Å². The molecule has 29 heavy (non-hydrogen) atoms. The molecule has 0 saturated carbocycles. The van der Waals surface area contributed by atoms with E-state index in [0.717, 1.165) is 26.2 Å². The van der Waals surface area contributed by atoms with E-state index < -0.39 is 0 Å². The van der Waals surface area contributed by atoms with Crippen molar-refractivity contribution in [3.63, 3.8) is 0 Å². The number of carbonyl (C=O) groups excluding carboxylic acids is 1. The van der Waals surface area contributed by atoms with Gasteiger partial charge in [0.1, 0.15) is 5.75 Å². The molecule has 0 bridgehead atoms. The van der Waals surface area contributed by atoms with Gasteiger partial charge in [0.25, 0.3) is 5.91 Å². The highest BCUT2D eigenvalue weighted by Gasteiger charge is 2.19. The highest BCUT2D eigenvalue weighted by Crippen LogP contribution is 2.20. The number of methoxy groups -OCH3 is 1. The molecule has 7 nitrogen and oxygen atoms in total. The van der Waals surface area contributed by atoms with Crippen LogP contribution in [-0.4, -0.2) is 49.2 Å². The van der Waals surface area contributed by atoms with E-state index in [1.807, 2.05) is 12.1 Å². The molecule has 0 spiro atoms. The van der Waals surface area contributed by atoms with Crippen LogP contribution >= 0.6 is 0 Å². The Labute approximate surface area is 170 Å². The molecule has 1 aliphatic rings. The number of benzene rings is 2. The van der Waals surface area contributed by atoms with Gasteiger partial charge < -0.3 is 19.9 Å². The van der Waals surface area contributed by atoms with Gasteiger partial charge in [-0.15, -0.1) is 0 Å². The molecular formula is C22H23N5O2. The molecule has 1 fully saturated rings. The summed E-state index contributed by atoms with van der Waals surface area (Å²) in [4.78, 5) is 25.9. The average Bonchev–Trinajstić information content (AvgIpc) is 2.80. The summed E-state index contributed by atoms with van der Waals surface area (Å²) in [6.45, 7) is 3.53. The van der Waals surface area contributed by atoms with Crippen LogP contribution in [0.25, 0.3) is 0 Å². The number of hydrogen-bond acceptors (Lipinski definition) is 6. The Bertz CT molecular complexity index is 954. The number of anilines is 3. The van der Waals surface area contributed by atoms with Gasteiger partial charge in [0.15, 0.2) is 0 Å². The fourth-order valence-electron chi connectivity index (χ4n) is 3.38. The summed E-state index contributed by atoms with van der Waals surface area (Å²) in [6, 6.07) is 17.5. The maximum absolute atomic E-state index is 12.5. The number of amides is 1. The number of rotatable bonds is 5. The van der Waals surface area contributed by atoms with Crippen LogP contribution < -0.4 is 19.9 Å². The number of ether oxygens (including phenoxy) is 1. The van der Waals surface area contributed by atoms with Crippen LogP contribution in [0.2, 0.25) is 0 Å². The van der Waals surface area contributed by atoms with Crippen LogP contribution in [0.5, 0.6) is 5.75 Å². The standard InChI is InChI=1S/C22H23N5O2/c1-29-20-10-6-5-9-19(20)21(28)25-17-15-23-22(24-16-17)27-13-11-26(12-14-27)18-7-3-2-4-8-18/h2-10,15-16H,11-14H2,1H3,(H,25,28). The van der Waals surface area contributed by atoms with Crippen molar-refractivity contribution < 1.29 is 9.53 Å². The van der Waals surface area contributed by atoms with Gasteiger partial charge in [-0.3, -0.25) is 4.79 Å². The number of piperazine rings is 1. The highest BCUT2D eigenvalue weighted by molar-refractivity contribution is 6.06. The second kappa shape index (κ2) is 8.60. The molecule has 1 aliphatic heterocycles. The van der Waals surface area contributed by atoms with Crippen LogP contribution in [0.15, 0.2) is 67.0 Å². The summed E-state index contributed by atoms with van der Waals surface area (Å²) < 4.78 is 5.24. The maximum Gasteiger partial charge on any atom is 0.259 e. The Morgan fingerprint density at radius 1 is 0.897 bits per heavy atom. The summed E-state index contributed by atoms with van der Waals surface area (Å²) >= 11 is 0. The maximum atomic E-state index is 12.5. The minimum atomic E-state index is -0.254. The lowest BCUT2D eigenvalue weighted by Crippen LogP contribution is -2.47. The SMILES string of the molecule is COc1ccccc1C(=O)Nc1cnc(N2CCN(c3ccccc3)CC2)nc1. The van der Waals surface area contributed by atoms with Crippen molar-refractivity contribution >= 4 is 23.2 Å². The van der Waals surface area contributed by atoms with Gasteiger partial charge >= 0.3 is 0 Å². The first kappa shape index (κ1) is 18.7. The zero-order valence-electron chi connectivity index (χ0n) is 16.3. The summed E-state index contributed by atoms with van der Waals surface area (Å²) in [5, 5.41) is 2.82. The predicted molar refractivity (Wildman–Crippen MR) is 114 cm³/mol. The lowest BCUT2D eigenvalue weighted by molar-refractivity contribution is 0.102. The van der Waals surface area contributed by atoms with Crippen LogP contribution in [0.1, 0.15) is 10.4 Å². The topological polar surface area (TPSA) is 70.6 Å². The molecule has 0 aliphatic carbocycles. The second-order valence-electron chi connectivity index (χ2n) is 6.74. The first-order valence-electron chi connectivity index (χ1n) is 9.56. The number of carbonyl (C=O) groups is 1. The van der Waals surface area contributed by atoms with Gasteiger partial charge in [-0.05, 0) is 24.3 Å². The molecule has 1 N–H and O–H groups in total. The van der Waals surface area contributed by atoms with Crippen molar-refractivity contribution in [1.29, 1.82) is 0 Å². The molecule has 2 heterocycles. The first-order valence-corrected chi connectivity index (χ1v) is 9.56. The van der Waals surface area contributed by atoms with Crippen LogP contribution in [-0.2, 0) is 0 Å². The molecular weight excluding hydrogens is 366 g/mol. The molecule has 4 rings (SSSR count). The summed E-state index contributed by atoms with van der Waals surface area (Å²) in [5.74, 6) is 0.946. The molecule has 0 unspecified atom stereocenters. The number of nitrogens with one attached hydrogen (secondary N) is 1. The van der Waals surface area contributed by atoms with Gasteiger partial charge in [0.2, 0.25) is 5.95 Å². The fraction of sp³-hybridized carbons (Fsp3) is 0.227. The number of hydrogen-bond donors (Lipinski definition) is 1. The van der Waals surface area contributed by atoms with Gasteiger partial charge in [-0.1, -0.05) is 30.3 Å². The third-order valence-corrected chi connectivity index (χ3v) is 4.93. The predicted octanol–water partition coefficient (Wildman–Crippen LogP) is 3.06. The second-order valence-corrected chi connectivity index (χ2v) is 6.74. The van der Waals surface area contributed by atoms with Crippen molar-refractivity contribution in [1.82, 2.24) is 9.97 Å². The minimum absolute atomic E-state index is 0.254. The Morgan fingerprint density at radius 2 is 1.52 bits per heavy atom. The number of aromatic nitrogens is 2. The molecule has 2 aromatic carbocycles. The van der Waals surface area contributed by atoms with E-state index in [0.29, 0.717) is 22.9 Å². The Hall–Kier alpha value is -3.61. The monoisotopic (exact) mass is 389 g/mol. The van der Waals surface area contributed by atoms with Gasteiger partial charge in [0.05, 0.1) is 30.8 Å². The molecule has 0 radical (unpaired) electrons. The zero-order chi connectivity index (χ0) is 20.1. The molecule has 7 heteroatoms. The van der Waals surface area contributed by atoms with E-state index in [-0.39, 0.29) is 5.91 Å². The smallest absolute Gasteiger partial charge is 0.259 e. The fourth-order valence-corrected chi connectivity index (χ4v) is 3.38. The molecule has 3 aromatic rings. The number of nitrogens with zero attached hydrogens (tertiary/aromatic N) is 4. The van der Waals surface area contributed by atoms with E-state index >= 15 is 0 Å². The van der Waals surface area contributed by atoms with Crippen molar-refractivity contribution in [2.24, 2.45) is 0 Å². The Morgan fingerprint density at radius 3 is 2.21 bits per heavy atom. The van der Waals surface area contributed by atoms with E-state index in [4.69, 9.17) is 4.74 Å². The van der Waals surface area contributed by atoms with E-state index in [9.17, 15) is 4.79 Å². The lowest BCUT2D eigenvalue weighted by atomic mass is 10.2. The van der Waals surface area contributed by atoms with Crippen molar-refractivity contribution in [2.75, 3.05) is 48.4 Å². The van der Waals surface area contributed by atoms with Crippen molar-refractivity contribution in [3.8, 4) is 5.75 Å². The molecule has 0 atom stereocenters. The van der Waals surface area contributed by atoms with Crippen molar-refractivity contribution in [2.45, 2.75) is 0 Å². The summed E-state index contributed by atoms with van der Waals surface area (Å²) in [5.41, 5.74) is 2.26. The van der Waals surface area contributed by atoms with Crippen LogP contribution in [0.4, 0.5) is 17.3 Å². The number of para-hydroxylation sites is 2. The quantitative estimate of drug-likeness (QED) is 0.723. The average molecular weight is 389 g/mol. The van der Waals surface area contributed by atoms with E-state index in [1.54, 1.807) is 37.7 Å². The lowest BCUT2D eigenvalue weighted by Gasteiger charge is -2.36. The van der Waals surface area contributed by atoms with Crippen LogP contribution in [0, 0.1) is 0 Å². The van der Waals surface area contributed by atoms with E-state index in [2.05, 4.69) is 49.4 Å². The molecule has 1 amide bonds. The Balaban J connectivity index is 1.37. The van der Waals surface area contributed by atoms with Crippen LogP contribution in [0.3, 0.4) is 0 Å². The van der Waals surface area contributed by atoms with Gasteiger partial charge in [-0.25, -0.2) is 9.97 Å². The minimum Gasteiger partial charge on any atom is -0.496 e. The van der Waals surface area contributed by atoms with E-state index in [1.165, 1.54) is 5.69 Å². The molecule has 148 valence electrons. The highest BCUT2D eigenvalue weighted by atomic mass is 16.5. The van der Waals surface area contributed by atoms with Crippen molar-refractivity contribution in [3.05, 3.63) is 72.6 Å². The molecule has 1 saturated heterocycles. The zero-order valence-corrected chi connectivity index (χ0v) is 16.3.